The smallest absolute Gasteiger partial charge is 0.172 e. The number of aromatic hydroxyl groups is 1. The van der Waals surface area contributed by atoms with Crippen LogP contribution in [0.15, 0.2) is 22.2 Å². The summed E-state index contributed by atoms with van der Waals surface area (Å²) in [5, 5.41) is 29.0. The van der Waals surface area contributed by atoms with Gasteiger partial charge in [0.25, 0.3) is 0 Å². The van der Waals surface area contributed by atoms with Gasteiger partial charge < -0.3 is 15.6 Å². The van der Waals surface area contributed by atoms with Crippen LogP contribution in [0.3, 0.4) is 0 Å². The molecule has 0 spiro atoms. The number of anilines is 1. The maximum Gasteiger partial charge on any atom is 0.172 e. The number of nitrogen functional groups attached to an aromatic ring is 1. The van der Waals surface area contributed by atoms with E-state index in [1.807, 2.05) is 13.0 Å². The number of hydrogen-bond acceptors (Lipinski definition) is 6. The molecule has 2 aromatic rings. The number of nitriles is 2. The van der Waals surface area contributed by atoms with Gasteiger partial charge in [-0.1, -0.05) is 0 Å². The predicted molar refractivity (Wildman–Crippen MR) is 107 cm³/mol. The monoisotopic (exact) mass is 422 g/mol. The highest BCUT2D eigenvalue weighted by Crippen LogP contribution is 2.45. The van der Waals surface area contributed by atoms with Gasteiger partial charge in [0.15, 0.2) is 11.5 Å². The average Bonchev–Trinajstić information content (AvgIpc) is 2.89. The fourth-order valence-electron chi connectivity index (χ4n) is 3.19. The third-order valence-electron chi connectivity index (χ3n) is 4.57. The first-order chi connectivity index (χ1) is 12.8. The molecule has 1 aliphatic rings. The summed E-state index contributed by atoms with van der Waals surface area (Å²) in [6, 6.07) is 7.70. The molecule has 1 aliphatic carbocycles. The summed E-state index contributed by atoms with van der Waals surface area (Å²) in [7, 11) is 1.47. The van der Waals surface area contributed by atoms with Crippen LogP contribution in [-0.4, -0.2) is 17.2 Å². The van der Waals surface area contributed by atoms with Crippen molar-refractivity contribution >= 4 is 39.0 Å². The molecule has 0 unspecified atom stereocenters. The maximum atomic E-state index is 10.0. The highest BCUT2D eigenvalue weighted by Gasteiger charge is 2.29. The molecule has 0 saturated carbocycles. The topological polar surface area (TPSA) is 116 Å². The number of fused-ring (bicyclic) bond motifs is 1. The number of hydrogen-bond donors (Lipinski definition) is 2. The molecule has 3 rings (SSSR count). The Kier molecular flexibility index (Phi) is 4.65. The number of nitrogens with two attached hydrogens (primary N) is 1. The number of methoxy groups -OCH3 is 1. The summed E-state index contributed by atoms with van der Waals surface area (Å²) in [5.74, 6) is 0.444. The van der Waals surface area contributed by atoms with Crippen LogP contribution < -0.4 is 10.5 Å². The second kappa shape index (κ2) is 6.79. The van der Waals surface area contributed by atoms with Crippen LogP contribution >= 0.6 is 15.9 Å². The highest BCUT2D eigenvalue weighted by molar-refractivity contribution is 9.10. The van der Waals surface area contributed by atoms with E-state index in [1.54, 1.807) is 19.1 Å². The Balaban J connectivity index is 2.33. The van der Waals surface area contributed by atoms with Crippen molar-refractivity contribution in [2.45, 2.75) is 13.8 Å². The second-order valence-corrected chi connectivity index (χ2v) is 6.91. The summed E-state index contributed by atoms with van der Waals surface area (Å²) in [6.07, 6.45) is 1.87. The average molecular weight is 423 g/mol. The SMILES string of the molecule is COc1cc(C=C2C(C)=C(C#N)c3nc(N)c(C#N)c(C)c32)cc(Br)c1O. The maximum absolute atomic E-state index is 10.0. The minimum Gasteiger partial charge on any atom is -0.503 e. The molecule has 7 heteroatoms. The minimum atomic E-state index is 0.00818. The number of aromatic nitrogens is 1. The lowest BCUT2D eigenvalue weighted by Crippen LogP contribution is -2.03. The van der Waals surface area contributed by atoms with Crippen LogP contribution in [0.1, 0.15) is 34.9 Å². The highest BCUT2D eigenvalue weighted by atomic mass is 79.9. The van der Waals surface area contributed by atoms with Crippen molar-refractivity contribution in [1.82, 2.24) is 4.98 Å². The second-order valence-electron chi connectivity index (χ2n) is 6.06. The van der Waals surface area contributed by atoms with E-state index in [1.165, 1.54) is 7.11 Å². The van der Waals surface area contributed by atoms with Crippen LogP contribution in [0.2, 0.25) is 0 Å². The van der Waals surface area contributed by atoms with Crippen molar-refractivity contribution in [2.75, 3.05) is 12.8 Å². The normalized spacial score (nSPS) is 14.1. The number of nitrogens with zero attached hydrogens (tertiary/aromatic N) is 3. The Bertz CT molecular complexity index is 1130. The van der Waals surface area contributed by atoms with Gasteiger partial charge in [0, 0.05) is 5.56 Å². The summed E-state index contributed by atoms with van der Waals surface area (Å²) < 4.78 is 5.69. The van der Waals surface area contributed by atoms with Crippen molar-refractivity contribution in [1.29, 1.82) is 10.5 Å². The molecule has 0 bridgehead atoms. The van der Waals surface area contributed by atoms with Crippen LogP contribution in [0.5, 0.6) is 11.5 Å². The van der Waals surface area contributed by atoms with Gasteiger partial charge in [-0.3, -0.25) is 0 Å². The lowest BCUT2D eigenvalue weighted by molar-refractivity contribution is 0.372. The quantitative estimate of drug-likeness (QED) is 0.749. The zero-order valence-electron chi connectivity index (χ0n) is 14.9. The number of halogens is 1. The van der Waals surface area contributed by atoms with E-state index in [2.05, 4.69) is 33.1 Å². The number of phenols is 1. The lowest BCUT2D eigenvalue weighted by atomic mass is 9.95. The Morgan fingerprint density at radius 2 is 1.96 bits per heavy atom. The van der Waals surface area contributed by atoms with Gasteiger partial charge in [0.2, 0.25) is 0 Å². The van der Waals surface area contributed by atoms with Gasteiger partial charge in [-0.25, -0.2) is 4.98 Å². The fraction of sp³-hybridized carbons (Fsp3) is 0.150. The van der Waals surface area contributed by atoms with Gasteiger partial charge in [-0.2, -0.15) is 10.5 Å². The third kappa shape index (κ3) is 2.83. The zero-order valence-corrected chi connectivity index (χ0v) is 16.5. The Morgan fingerprint density at radius 1 is 1.26 bits per heavy atom. The van der Waals surface area contributed by atoms with Crippen LogP contribution in [0.4, 0.5) is 5.82 Å². The van der Waals surface area contributed by atoms with Crippen LogP contribution in [-0.2, 0) is 0 Å². The molecule has 1 aromatic heterocycles. The molecule has 1 heterocycles. The first kappa shape index (κ1) is 18.5. The molecule has 0 atom stereocenters. The molecule has 0 amide bonds. The van der Waals surface area contributed by atoms with Crippen LogP contribution in [0.25, 0.3) is 17.2 Å². The number of phenolic OH excluding ortho intramolecular Hbond substituents is 1. The molecule has 134 valence electrons. The fourth-order valence-corrected chi connectivity index (χ4v) is 3.65. The van der Waals surface area contributed by atoms with E-state index in [-0.39, 0.29) is 11.6 Å². The molecule has 6 nitrogen and oxygen atoms in total. The summed E-state index contributed by atoms with van der Waals surface area (Å²) in [5.41, 5.74) is 10.8. The van der Waals surface area contributed by atoms with E-state index in [9.17, 15) is 15.6 Å². The molecule has 1 aromatic carbocycles. The van der Waals surface area contributed by atoms with Gasteiger partial charge in [0.05, 0.1) is 28.4 Å². The van der Waals surface area contributed by atoms with Gasteiger partial charge >= 0.3 is 0 Å². The Hall–Kier alpha value is -3.29. The van der Waals surface area contributed by atoms with E-state index in [0.717, 1.165) is 22.3 Å². The summed E-state index contributed by atoms with van der Waals surface area (Å²) >= 11 is 3.31. The van der Waals surface area contributed by atoms with Crippen molar-refractivity contribution in [3.8, 4) is 23.6 Å². The molecular formula is C20H15BrN4O2. The Labute approximate surface area is 165 Å². The first-order valence-electron chi connectivity index (χ1n) is 7.94. The van der Waals surface area contributed by atoms with Gasteiger partial charge in [0.1, 0.15) is 18.0 Å². The van der Waals surface area contributed by atoms with E-state index >= 15 is 0 Å². The number of rotatable bonds is 2. The number of pyridine rings is 1. The predicted octanol–water partition coefficient (Wildman–Crippen LogP) is 4.17. The van der Waals surface area contributed by atoms with Crippen molar-refractivity contribution in [2.24, 2.45) is 0 Å². The third-order valence-corrected chi connectivity index (χ3v) is 5.17. The molecule has 27 heavy (non-hydrogen) atoms. The van der Waals surface area contributed by atoms with Crippen LogP contribution in [0, 0.1) is 29.6 Å². The summed E-state index contributed by atoms with van der Waals surface area (Å²) in [4.78, 5) is 4.31. The van der Waals surface area contributed by atoms with E-state index < -0.39 is 0 Å². The van der Waals surface area contributed by atoms with E-state index in [0.29, 0.717) is 32.6 Å². The van der Waals surface area contributed by atoms with Gasteiger partial charge in [-0.15, -0.1) is 0 Å². The molecular weight excluding hydrogens is 408 g/mol. The van der Waals surface area contributed by atoms with Gasteiger partial charge in [-0.05, 0) is 70.3 Å². The Morgan fingerprint density at radius 3 is 2.56 bits per heavy atom. The number of benzene rings is 1. The number of allylic oxidation sites excluding steroid dienone is 3. The van der Waals surface area contributed by atoms with E-state index in [4.69, 9.17) is 10.5 Å². The molecule has 0 saturated heterocycles. The largest absolute Gasteiger partial charge is 0.503 e. The minimum absolute atomic E-state index is 0.00818. The molecule has 3 N–H and O–H groups in total. The number of ether oxygens (including phenoxy) is 1. The lowest BCUT2D eigenvalue weighted by Gasteiger charge is -2.12. The van der Waals surface area contributed by atoms with Crippen molar-refractivity contribution in [3.63, 3.8) is 0 Å². The first-order valence-corrected chi connectivity index (χ1v) is 8.73. The summed E-state index contributed by atoms with van der Waals surface area (Å²) in [6.45, 7) is 3.63. The molecule has 0 fully saturated rings. The molecule has 0 aliphatic heterocycles. The standard InChI is InChI=1S/C20H15BrN4O2/c1-9-12(4-11-5-15(21)19(26)16(6-11)27-3)17-10(2)14(8-23)20(24)25-18(17)13(9)7-22/h4-6,26H,1-3H3,(H2,24,25). The van der Waals surface area contributed by atoms with Crippen molar-refractivity contribution < 1.29 is 9.84 Å². The van der Waals surface area contributed by atoms with Crippen molar-refractivity contribution in [3.05, 3.63) is 50.1 Å². The molecule has 0 radical (unpaired) electrons. The zero-order chi connectivity index (χ0) is 19.9.